The van der Waals surface area contributed by atoms with Crippen LogP contribution in [-0.2, 0) is 25.8 Å². The molecule has 1 fully saturated rings. The summed E-state index contributed by atoms with van der Waals surface area (Å²) in [4.78, 5) is 26.6. The van der Waals surface area contributed by atoms with Gasteiger partial charge in [-0.25, -0.2) is 13.8 Å². The Bertz CT molecular complexity index is 1560. The number of hydrazone groups is 1. The molecule has 1 N–H and O–H groups in total. The number of rotatable bonds is 10. The first-order chi connectivity index (χ1) is 20.4. The lowest BCUT2D eigenvalue weighted by Crippen LogP contribution is -2.39. The molecule has 43 heavy (non-hydrogen) atoms. The Labute approximate surface area is 251 Å². The number of carbonyl (C=O) groups excluding carboxylic acids is 2. The smallest absolute Gasteiger partial charge is 0.417 e. The van der Waals surface area contributed by atoms with Crippen LogP contribution in [0.1, 0.15) is 30.4 Å². The van der Waals surface area contributed by atoms with E-state index >= 15 is 0 Å². The lowest BCUT2D eigenvalue weighted by molar-refractivity contribution is -0.137. The highest BCUT2D eigenvalue weighted by atomic mass is 35.5. The summed E-state index contributed by atoms with van der Waals surface area (Å²) >= 11 is 5.71. The van der Waals surface area contributed by atoms with E-state index < -0.39 is 44.9 Å². The standard InChI is InChI=1S/C29H28ClF3N4O5S/c30-26-14-11-22(17-25(26)29(31,32)33)37(43(40,41)24-7-3-1-4-8-24)19-27(38)35-34-18-21-9-12-23(13-10-21)42-20-28(39)36-15-5-2-6-16-36/h1,3-4,7-14,17-18H,2,5-6,15-16,19-20H2,(H,35,38)/b34-18-. The lowest BCUT2D eigenvalue weighted by atomic mass is 10.1. The number of ether oxygens (including phenoxy) is 1. The van der Waals surface area contributed by atoms with Gasteiger partial charge in [-0.1, -0.05) is 29.8 Å². The number of hydrogen-bond donors (Lipinski definition) is 1. The van der Waals surface area contributed by atoms with Crippen molar-refractivity contribution in [3.05, 3.63) is 88.9 Å². The molecule has 0 atom stereocenters. The third-order valence-electron chi connectivity index (χ3n) is 6.52. The van der Waals surface area contributed by atoms with Gasteiger partial charge in [0.1, 0.15) is 12.3 Å². The molecule has 9 nitrogen and oxygen atoms in total. The van der Waals surface area contributed by atoms with Crippen LogP contribution in [0.15, 0.2) is 82.8 Å². The van der Waals surface area contributed by atoms with Gasteiger partial charge in [-0.3, -0.25) is 13.9 Å². The summed E-state index contributed by atoms with van der Waals surface area (Å²) in [5.74, 6) is -0.519. The third-order valence-corrected chi connectivity index (χ3v) is 8.63. The zero-order valence-corrected chi connectivity index (χ0v) is 24.3. The van der Waals surface area contributed by atoms with Crippen molar-refractivity contribution >= 4 is 45.3 Å². The minimum atomic E-state index is -4.86. The van der Waals surface area contributed by atoms with Crippen molar-refractivity contribution in [1.29, 1.82) is 0 Å². The molecule has 0 aromatic heterocycles. The van der Waals surface area contributed by atoms with Crippen LogP contribution in [0.25, 0.3) is 0 Å². The minimum absolute atomic E-state index is 0.0791. The van der Waals surface area contributed by atoms with Gasteiger partial charge in [0.2, 0.25) is 0 Å². The van der Waals surface area contributed by atoms with Crippen molar-refractivity contribution in [2.75, 3.05) is 30.5 Å². The van der Waals surface area contributed by atoms with Gasteiger partial charge in [0.05, 0.1) is 27.4 Å². The van der Waals surface area contributed by atoms with E-state index in [0.717, 1.165) is 44.5 Å². The number of amides is 2. The van der Waals surface area contributed by atoms with E-state index in [1.807, 2.05) is 0 Å². The molecule has 1 aliphatic rings. The van der Waals surface area contributed by atoms with Crippen molar-refractivity contribution in [3.8, 4) is 5.75 Å². The molecular formula is C29H28ClF3N4O5S. The summed E-state index contributed by atoms with van der Waals surface area (Å²) in [6.45, 7) is 0.510. The van der Waals surface area contributed by atoms with E-state index in [1.165, 1.54) is 30.5 Å². The monoisotopic (exact) mass is 636 g/mol. The maximum atomic E-state index is 13.5. The highest BCUT2D eigenvalue weighted by molar-refractivity contribution is 7.92. The number of sulfonamides is 1. The number of halogens is 4. The predicted molar refractivity (Wildman–Crippen MR) is 156 cm³/mol. The van der Waals surface area contributed by atoms with Crippen LogP contribution < -0.4 is 14.5 Å². The zero-order valence-electron chi connectivity index (χ0n) is 22.8. The molecule has 1 heterocycles. The Morgan fingerprint density at radius 3 is 2.33 bits per heavy atom. The second-order valence-electron chi connectivity index (χ2n) is 9.58. The topological polar surface area (TPSA) is 108 Å². The van der Waals surface area contributed by atoms with Crippen molar-refractivity contribution < 1.29 is 35.9 Å². The van der Waals surface area contributed by atoms with Crippen LogP contribution in [0.5, 0.6) is 5.75 Å². The van der Waals surface area contributed by atoms with Crippen LogP contribution in [0.3, 0.4) is 0 Å². The molecule has 2 amide bonds. The molecule has 0 spiro atoms. The van der Waals surface area contributed by atoms with E-state index in [2.05, 4.69) is 10.5 Å². The van der Waals surface area contributed by atoms with Gasteiger partial charge >= 0.3 is 6.18 Å². The summed E-state index contributed by atoms with van der Waals surface area (Å²) in [6, 6.07) is 16.1. The van der Waals surface area contributed by atoms with Crippen LogP contribution in [0.4, 0.5) is 18.9 Å². The average Bonchev–Trinajstić information content (AvgIpc) is 3.00. The van der Waals surface area contributed by atoms with E-state index in [0.29, 0.717) is 21.7 Å². The second kappa shape index (κ2) is 13.9. The number of anilines is 1. The fourth-order valence-corrected chi connectivity index (χ4v) is 5.95. The van der Waals surface area contributed by atoms with Gasteiger partial charge in [0.15, 0.2) is 6.61 Å². The SMILES string of the molecule is O=C(CN(c1ccc(Cl)c(C(F)(F)F)c1)S(=O)(=O)c1ccccc1)N/N=C\c1ccc(OCC(=O)N2CCCCC2)cc1. The minimum Gasteiger partial charge on any atom is -0.484 e. The molecule has 228 valence electrons. The molecule has 1 aliphatic heterocycles. The molecule has 0 saturated carbocycles. The van der Waals surface area contributed by atoms with Gasteiger partial charge in [-0.15, -0.1) is 0 Å². The molecule has 0 bridgehead atoms. The quantitative estimate of drug-likeness (QED) is 0.246. The Morgan fingerprint density at radius 2 is 1.67 bits per heavy atom. The first kappa shape index (κ1) is 31.8. The largest absolute Gasteiger partial charge is 0.484 e. The van der Waals surface area contributed by atoms with Crippen molar-refractivity contribution in [3.63, 3.8) is 0 Å². The number of nitrogens with one attached hydrogen (secondary N) is 1. The first-order valence-electron chi connectivity index (χ1n) is 13.2. The fourth-order valence-electron chi connectivity index (χ4n) is 4.29. The Morgan fingerprint density at radius 1 is 1.00 bits per heavy atom. The van der Waals surface area contributed by atoms with Gasteiger partial charge < -0.3 is 9.64 Å². The molecule has 0 aliphatic carbocycles. The molecule has 1 saturated heterocycles. The van der Waals surface area contributed by atoms with Crippen LogP contribution in [0.2, 0.25) is 5.02 Å². The maximum Gasteiger partial charge on any atom is 0.417 e. The van der Waals surface area contributed by atoms with Gasteiger partial charge in [0, 0.05) is 13.1 Å². The van der Waals surface area contributed by atoms with Gasteiger partial charge in [-0.2, -0.15) is 18.3 Å². The number of piperidine rings is 1. The second-order valence-corrected chi connectivity index (χ2v) is 11.8. The molecular weight excluding hydrogens is 609 g/mol. The van der Waals surface area contributed by atoms with E-state index in [-0.39, 0.29) is 17.4 Å². The summed E-state index contributed by atoms with van der Waals surface area (Å²) in [7, 11) is -4.46. The highest BCUT2D eigenvalue weighted by Gasteiger charge is 2.35. The van der Waals surface area contributed by atoms with Crippen molar-refractivity contribution in [2.45, 2.75) is 30.3 Å². The van der Waals surface area contributed by atoms with Crippen molar-refractivity contribution in [1.82, 2.24) is 10.3 Å². The van der Waals surface area contributed by atoms with Crippen molar-refractivity contribution in [2.24, 2.45) is 5.10 Å². The number of nitrogens with zero attached hydrogens (tertiary/aromatic N) is 3. The molecule has 3 aromatic carbocycles. The highest BCUT2D eigenvalue weighted by Crippen LogP contribution is 2.38. The number of likely N-dealkylation sites (tertiary alicyclic amines) is 1. The van der Waals surface area contributed by atoms with Gasteiger partial charge in [-0.05, 0) is 79.4 Å². The van der Waals surface area contributed by atoms with E-state index in [1.54, 1.807) is 35.2 Å². The van der Waals surface area contributed by atoms with Crippen LogP contribution >= 0.6 is 11.6 Å². The summed E-state index contributed by atoms with van der Waals surface area (Å²) < 4.78 is 73.4. The Hall–Kier alpha value is -4.10. The third kappa shape index (κ3) is 8.48. The molecule has 3 aromatic rings. The molecule has 0 unspecified atom stereocenters. The van der Waals surface area contributed by atoms with E-state index in [9.17, 15) is 31.2 Å². The maximum absolute atomic E-state index is 13.5. The average molecular weight is 637 g/mol. The number of alkyl halides is 3. The molecule has 0 radical (unpaired) electrons. The van der Waals surface area contributed by atoms with Crippen LogP contribution in [-0.4, -0.2) is 57.6 Å². The summed E-state index contributed by atoms with van der Waals surface area (Å²) in [5, 5.41) is 3.21. The molecule has 4 rings (SSSR count). The van der Waals surface area contributed by atoms with E-state index in [4.69, 9.17) is 16.3 Å². The normalized spacial score (nSPS) is 14.0. The zero-order chi connectivity index (χ0) is 31.0. The predicted octanol–water partition coefficient (Wildman–Crippen LogP) is 5.10. The first-order valence-corrected chi connectivity index (χ1v) is 15.0. The Balaban J connectivity index is 1.43. The number of carbonyl (C=O) groups is 2. The Kier molecular flexibility index (Phi) is 10.3. The fraction of sp³-hybridized carbons (Fsp3) is 0.276. The van der Waals surface area contributed by atoms with Crippen LogP contribution in [0, 0.1) is 0 Å². The summed E-state index contributed by atoms with van der Waals surface area (Å²) in [5.41, 5.74) is 1.09. The number of benzene rings is 3. The molecule has 14 heteroatoms. The van der Waals surface area contributed by atoms with Gasteiger partial charge in [0.25, 0.3) is 21.8 Å². The number of hydrogen-bond acceptors (Lipinski definition) is 6. The summed E-state index contributed by atoms with van der Waals surface area (Å²) in [6.07, 6.45) is -0.481. The lowest BCUT2D eigenvalue weighted by Gasteiger charge is -2.26.